The Hall–Kier alpha value is -1.74. The smallest absolute Gasteiger partial charge is 0.349 e. The summed E-state index contributed by atoms with van der Waals surface area (Å²) < 4.78 is 4.52. The molecule has 1 aromatic carbocycles. The lowest BCUT2D eigenvalue weighted by atomic mass is 10.1. The third kappa shape index (κ3) is 1.95. The molecule has 2 rings (SSSR count). The molecule has 1 N–H and O–H groups in total. The number of para-hydroxylation sites is 1. The van der Waals surface area contributed by atoms with E-state index in [0.29, 0.717) is 0 Å². The highest BCUT2D eigenvalue weighted by atomic mass is 35.5. The predicted octanol–water partition coefficient (Wildman–Crippen LogP) is 2.92. The molecule has 0 radical (unpaired) electrons. The first-order chi connectivity index (χ1) is 7.72. The highest BCUT2D eigenvalue weighted by Gasteiger charge is 2.07. The summed E-state index contributed by atoms with van der Waals surface area (Å²) in [6.07, 6.45) is 3.39. The first-order valence-corrected chi connectivity index (χ1v) is 5.12. The van der Waals surface area contributed by atoms with E-state index < -0.39 is 5.97 Å². The van der Waals surface area contributed by atoms with Crippen LogP contribution in [0, 0.1) is 0 Å². The average molecular weight is 236 g/mol. The van der Waals surface area contributed by atoms with Crippen molar-refractivity contribution >= 4 is 34.5 Å². The molecule has 0 saturated heterocycles. The summed E-state index contributed by atoms with van der Waals surface area (Å²) in [6.45, 7) is 0. The Morgan fingerprint density at radius 1 is 1.44 bits per heavy atom. The van der Waals surface area contributed by atoms with Crippen LogP contribution in [0.25, 0.3) is 17.0 Å². The van der Waals surface area contributed by atoms with Gasteiger partial charge in [0.1, 0.15) is 5.03 Å². The number of H-pyrrole nitrogens is 1. The summed E-state index contributed by atoms with van der Waals surface area (Å²) in [5.74, 6) is -0.535. The van der Waals surface area contributed by atoms with Crippen LogP contribution in [0.5, 0.6) is 0 Å². The van der Waals surface area contributed by atoms with Crippen LogP contribution in [0.15, 0.2) is 35.5 Å². The quantitative estimate of drug-likeness (QED) is 0.642. The maximum absolute atomic E-state index is 11.1. The summed E-state index contributed by atoms with van der Waals surface area (Å²) in [4.78, 5) is 14.2. The molecule has 4 heteroatoms. The van der Waals surface area contributed by atoms with Crippen molar-refractivity contribution < 1.29 is 9.53 Å². The fraction of sp³-hybridized carbons (Fsp3) is 0.0833. The highest BCUT2D eigenvalue weighted by molar-refractivity contribution is 6.43. The van der Waals surface area contributed by atoms with Crippen LogP contribution in [0.1, 0.15) is 5.56 Å². The second-order valence-corrected chi connectivity index (χ2v) is 3.68. The minimum absolute atomic E-state index is 0.0623. The van der Waals surface area contributed by atoms with Crippen LogP contribution >= 0.6 is 11.6 Å². The van der Waals surface area contributed by atoms with E-state index in [1.165, 1.54) is 7.11 Å². The molecule has 16 heavy (non-hydrogen) atoms. The molecule has 1 aromatic heterocycles. The summed E-state index contributed by atoms with van der Waals surface area (Å²) in [5, 5.41) is 1.08. The molecule has 0 aliphatic carbocycles. The standard InChI is InChI=1S/C12H10ClNO2/c1-16-12(15)10(13)6-8-7-14-11-5-3-2-4-9(8)11/h2-7,14H,1H3/b10-6+. The van der Waals surface area contributed by atoms with Crippen molar-refractivity contribution in [3.05, 3.63) is 41.1 Å². The number of ether oxygens (including phenoxy) is 1. The summed E-state index contributed by atoms with van der Waals surface area (Å²) in [6, 6.07) is 7.78. The van der Waals surface area contributed by atoms with Gasteiger partial charge in [0, 0.05) is 22.7 Å². The molecule has 0 saturated carbocycles. The molecule has 0 spiro atoms. The Morgan fingerprint density at radius 3 is 2.94 bits per heavy atom. The van der Waals surface area contributed by atoms with Crippen molar-refractivity contribution in [2.75, 3.05) is 7.11 Å². The third-order valence-electron chi connectivity index (χ3n) is 2.28. The number of aromatic nitrogens is 1. The fourth-order valence-corrected chi connectivity index (χ4v) is 1.70. The van der Waals surface area contributed by atoms with Crippen LogP contribution in [-0.4, -0.2) is 18.1 Å². The van der Waals surface area contributed by atoms with E-state index in [0.717, 1.165) is 16.5 Å². The lowest BCUT2D eigenvalue weighted by Gasteiger charge is -1.96. The molecular weight excluding hydrogens is 226 g/mol. The van der Waals surface area contributed by atoms with Crippen molar-refractivity contribution in [2.24, 2.45) is 0 Å². The average Bonchev–Trinajstić information content (AvgIpc) is 2.72. The fourth-order valence-electron chi connectivity index (χ4n) is 1.51. The van der Waals surface area contributed by atoms with E-state index in [4.69, 9.17) is 11.6 Å². The zero-order valence-corrected chi connectivity index (χ0v) is 9.41. The number of esters is 1. The largest absolute Gasteiger partial charge is 0.465 e. The van der Waals surface area contributed by atoms with E-state index in [2.05, 4.69) is 9.72 Å². The summed E-state index contributed by atoms with van der Waals surface area (Å²) in [5.41, 5.74) is 1.87. The minimum Gasteiger partial charge on any atom is -0.465 e. The summed E-state index contributed by atoms with van der Waals surface area (Å²) >= 11 is 5.80. The Labute approximate surface area is 97.7 Å². The maximum atomic E-state index is 11.1. The normalized spacial score (nSPS) is 11.8. The molecule has 0 aliphatic rings. The van der Waals surface area contributed by atoms with Gasteiger partial charge < -0.3 is 9.72 Å². The number of rotatable bonds is 2. The predicted molar refractivity (Wildman–Crippen MR) is 64.1 cm³/mol. The molecule has 0 fully saturated rings. The zero-order chi connectivity index (χ0) is 11.5. The van der Waals surface area contributed by atoms with Crippen molar-refractivity contribution in [1.82, 2.24) is 4.98 Å². The number of aromatic amines is 1. The number of hydrogen-bond donors (Lipinski definition) is 1. The van der Waals surface area contributed by atoms with Gasteiger partial charge in [-0.1, -0.05) is 29.8 Å². The number of halogens is 1. The number of carbonyl (C=O) groups excluding carboxylic acids is 1. The maximum Gasteiger partial charge on any atom is 0.349 e. The molecule has 0 unspecified atom stereocenters. The first-order valence-electron chi connectivity index (χ1n) is 4.74. The van der Waals surface area contributed by atoms with Gasteiger partial charge in [-0.15, -0.1) is 0 Å². The summed E-state index contributed by atoms with van der Waals surface area (Å²) in [7, 11) is 1.30. The molecule has 0 aliphatic heterocycles. The number of nitrogens with one attached hydrogen (secondary N) is 1. The van der Waals surface area contributed by atoms with E-state index >= 15 is 0 Å². The van der Waals surface area contributed by atoms with Gasteiger partial charge in [-0.25, -0.2) is 4.79 Å². The van der Waals surface area contributed by atoms with Crippen LogP contribution in [0.3, 0.4) is 0 Å². The van der Waals surface area contributed by atoms with Crippen LogP contribution in [0.2, 0.25) is 0 Å². The van der Waals surface area contributed by atoms with Gasteiger partial charge in [-0.3, -0.25) is 0 Å². The second-order valence-electron chi connectivity index (χ2n) is 3.27. The van der Waals surface area contributed by atoms with E-state index in [9.17, 15) is 4.79 Å². The second kappa shape index (κ2) is 4.41. The van der Waals surface area contributed by atoms with Gasteiger partial charge in [0.2, 0.25) is 0 Å². The molecule has 3 nitrogen and oxygen atoms in total. The van der Waals surface area contributed by atoms with Gasteiger partial charge in [0.15, 0.2) is 0 Å². The highest BCUT2D eigenvalue weighted by Crippen LogP contribution is 2.21. The minimum atomic E-state index is -0.535. The third-order valence-corrected chi connectivity index (χ3v) is 2.55. The molecular formula is C12H10ClNO2. The molecule has 82 valence electrons. The molecule has 0 bridgehead atoms. The van der Waals surface area contributed by atoms with Crippen LogP contribution < -0.4 is 0 Å². The van der Waals surface area contributed by atoms with Crippen LogP contribution in [0.4, 0.5) is 0 Å². The number of methoxy groups -OCH3 is 1. The van der Waals surface area contributed by atoms with Crippen molar-refractivity contribution in [3.63, 3.8) is 0 Å². The Morgan fingerprint density at radius 2 is 2.19 bits per heavy atom. The lowest BCUT2D eigenvalue weighted by Crippen LogP contribution is -1.98. The van der Waals surface area contributed by atoms with E-state index in [-0.39, 0.29) is 5.03 Å². The number of fused-ring (bicyclic) bond motifs is 1. The molecule has 0 atom stereocenters. The van der Waals surface area contributed by atoms with Gasteiger partial charge in [0.05, 0.1) is 7.11 Å². The van der Waals surface area contributed by atoms with Crippen molar-refractivity contribution in [1.29, 1.82) is 0 Å². The van der Waals surface area contributed by atoms with Crippen molar-refractivity contribution in [3.8, 4) is 0 Å². The molecule has 0 amide bonds. The topological polar surface area (TPSA) is 42.1 Å². The number of hydrogen-bond acceptors (Lipinski definition) is 2. The SMILES string of the molecule is COC(=O)/C(Cl)=C\c1c[nH]c2ccccc12. The first kappa shape index (κ1) is 10.8. The Kier molecular flexibility index (Phi) is 2.97. The van der Waals surface area contributed by atoms with E-state index in [1.54, 1.807) is 12.3 Å². The Bertz CT molecular complexity index is 557. The van der Waals surface area contributed by atoms with Gasteiger partial charge in [-0.2, -0.15) is 0 Å². The lowest BCUT2D eigenvalue weighted by molar-refractivity contribution is -0.135. The number of benzene rings is 1. The van der Waals surface area contributed by atoms with Gasteiger partial charge >= 0.3 is 5.97 Å². The molecule has 2 aromatic rings. The van der Waals surface area contributed by atoms with Crippen molar-refractivity contribution in [2.45, 2.75) is 0 Å². The van der Waals surface area contributed by atoms with E-state index in [1.807, 2.05) is 24.3 Å². The van der Waals surface area contributed by atoms with Crippen LogP contribution in [-0.2, 0) is 9.53 Å². The number of carbonyl (C=O) groups is 1. The zero-order valence-electron chi connectivity index (χ0n) is 8.66. The van der Waals surface area contributed by atoms with Gasteiger partial charge in [0.25, 0.3) is 0 Å². The van der Waals surface area contributed by atoms with Gasteiger partial charge in [-0.05, 0) is 12.1 Å². The Balaban J connectivity index is 2.45. The molecule has 1 heterocycles. The monoisotopic (exact) mass is 235 g/mol.